The molecule has 1 unspecified atom stereocenters. The normalized spacial score (nSPS) is 22.8. The molecule has 1 aliphatic heterocycles. The van der Waals surface area contributed by atoms with E-state index in [9.17, 15) is 8.42 Å². The third kappa shape index (κ3) is 4.39. The van der Waals surface area contributed by atoms with Crippen molar-refractivity contribution >= 4 is 10.0 Å². The van der Waals surface area contributed by atoms with E-state index in [4.69, 9.17) is 0 Å². The van der Waals surface area contributed by atoms with Crippen LogP contribution in [0.3, 0.4) is 0 Å². The Balaban J connectivity index is 2.13. The summed E-state index contributed by atoms with van der Waals surface area (Å²) in [6.45, 7) is 3.52. The van der Waals surface area contributed by atoms with Gasteiger partial charge in [-0.25, -0.2) is 13.1 Å². The molecule has 1 rings (SSSR count). The fraction of sp³-hybridized carbons (Fsp3) is 1.00. The Kier molecular flexibility index (Phi) is 4.84. The first-order valence-electron chi connectivity index (χ1n) is 5.35. The van der Waals surface area contributed by atoms with E-state index in [1.807, 2.05) is 6.92 Å². The van der Waals surface area contributed by atoms with Crippen LogP contribution >= 0.6 is 0 Å². The molecule has 84 valence electrons. The van der Waals surface area contributed by atoms with Crippen LogP contribution in [0.2, 0.25) is 0 Å². The lowest BCUT2D eigenvalue weighted by Gasteiger charge is -2.10. The van der Waals surface area contributed by atoms with Crippen LogP contribution in [0, 0.1) is 0 Å². The Morgan fingerprint density at radius 1 is 1.50 bits per heavy atom. The van der Waals surface area contributed by atoms with Crippen molar-refractivity contribution in [1.82, 2.24) is 10.0 Å². The molecule has 1 saturated heterocycles. The summed E-state index contributed by atoms with van der Waals surface area (Å²) in [6, 6.07) is 0.513. The second-order valence-corrected chi connectivity index (χ2v) is 5.72. The zero-order valence-corrected chi connectivity index (χ0v) is 9.57. The quantitative estimate of drug-likeness (QED) is 0.683. The fourth-order valence-electron chi connectivity index (χ4n) is 1.73. The van der Waals surface area contributed by atoms with Gasteiger partial charge in [0.25, 0.3) is 0 Å². The molecule has 0 amide bonds. The summed E-state index contributed by atoms with van der Waals surface area (Å²) in [6.07, 6.45) is 3.97. The molecule has 0 aromatic heterocycles. The van der Waals surface area contributed by atoms with Gasteiger partial charge in [-0.15, -0.1) is 0 Å². The van der Waals surface area contributed by atoms with Gasteiger partial charge in [-0.2, -0.15) is 0 Å². The summed E-state index contributed by atoms with van der Waals surface area (Å²) < 4.78 is 25.2. The monoisotopic (exact) mass is 220 g/mol. The number of sulfonamides is 1. The van der Waals surface area contributed by atoms with E-state index >= 15 is 0 Å². The van der Waals surface area contributed by atoms with Crippen LogP contribution in [0.15, 0.2) is 0 Å². The Bertz CT molecular complexity index is 246. The molecule has 1 heterocycles. The van der Waals surface area contributed by atoms with E-state index in [1.54, 1.807) is 0 Å². The lowest BCUT2D eigenvalue weighted by atomic mass is 10.2. The minimum atomic E-state index is -3.00. The van der Waals surface area contributed by atoms with E-state index in [1.165, 1.54) is 12.8 Å². The van der Waals surface area contributed by atoms with E-state index in [-0.39, 0.29) is 5.75 Å². The zero-order chi connectivity index (χ0) is 10.4. The molecule has 5 heteroatoms. The molecule has 0 aliphatic carbocycles. The summed E-state index contributed by atoms with van der Waals surface area (Å²) in [5.41, 5.74) is 0. The van der Waals surface area contributed by atoms with Crippen LogP contribution in [0.5, 0.6) is 0 Å². The molecule has 0 bridgehead atoms. The van der Waals surface area contributed by atoms with E-state index in [2.05, 4.69) is 10.0 Å². The maximum Gasteiger partial charge on any atom is 0.211 e. The standard InChI is InChI=1S/C9H20N2O2S/c1-2-8-14(12,13)11-7-5-9-4-3-6-10-9/h9-11H,2-8H2,1H3. The Hall–Kier alpha value is -0.130. The van der Waals surface area contributed by atoms with Gasteiger partial charge in [0.1, 0.15) is 0 Å². The number of hydrogen-bond donors (Lipinski definition) is 2. The van der Waals surface area contributed by atoms with E-state index in [0.29, 0.717) is 19.0 Å². The number of rotatable bonds is 6. The summed E-state index contributed by atoms with van der Waals surface area (Å²) in [5, 5.41) is 3.34. The average Bonchev–Trinajstić information content (AvgIpc) is 2.56. The lowest BCUT2D eigenvalue weighted by Crippen LogP contribution is -2.31. The largest absolute Gasteiger partial charge is 0.314 e. The van der Waals surface area contributed by atoms with Crippen LogP contribution < -0.4 is 10.0 Å². The van der Waals surface area contributed by atoms with Crippen molar-refractivity contribution in [3.05, 3.63) is 0 Å². The topological polar surface area (TPSA) is 58.2 Å². The van der Waals surface area contributed by atoms with Gasteiger partial charge >= 0.3 is 0 Å². The Morgan fingerprint density at radius 2 is 2.29 bits per heavy atom. The molecule has 1 atom stereocenters. The molecule has 1 fully saturated rings. The first-order valence-corrected chi connectivity index (χ1v) is 7.00. The van der Waals surface area contributed by atoms with Crippen molar-refractivity contribution in [2.45, 2.75) is 38.6 Å². The summed E-state index contributed by atoms with van der Waals surface area (Å²) in [4.78, 5) is 0. The fourth-order valence-corrected chi connectivity index (χ4v) is 2.84. The van der Waals surface area contributed by atoms with Gasteiger partial charge in [0.05, 0.1) is 5.75 Å². The van der Waals surface area contributed by atoms with E-state index in [0.717, 1.165) is 13.0 Å². The van der Waals surface area contributed by atoms with Gasteiger partial charge in [-0.3, -0.25) is 0 Å². The molecule has 2 N–H and O–H groups in total. The van der Waals surface area contributed by atoms with Crippen LogP contribution in [0.1, 0.15) is 32.6 Å². The van der Waals surface area contributed by atoms with Crippen molar-refractivity contribution in [2.75, 3.05) is 18.8 Å². The molecule has 4 nitrogen and oxygen atoms in total. The smallest absolute Gasteiger partial charge is 0.211 e. The molecule has 0 radical (unpaired) electrons. The average molecular weight is 220 g/mol. The number of nitrogens with one attached hydrogen (secondary N) is 2. The second kappa shape index (κ2) is 5.68. The highest BCUT2D eigenvalue weighted by molar-refractivity contribution is 7.89. The van der Waals surface area contributed by atoms with Crippen molar-refractivity contribution in [2.24, 2.45) is 0 Å². The van der Waals surface area contributed by atoms with Gasteiger partial charge in [0.15, 0.2) is 0 Å². The van der Waals surface area contributed by atoms with Gasteiger partial charge < -0.3 is 5.32 Å². The van der Waals surface area contributed by atoms with Gasteiger partial charge in [0, 0.05) is 12.6 Å². The van der Waals surface area contributed by atoms with Gasteiger partial charge in [-0.05, 0) is 32.2 Å². The third-order valence-corrected chi connectivity index (χ3v) is 4.04. The summed E-state index contributed by atoms with van der Waals surface area (Å²) in [7, 11) is -3.00. The molecule has 14 heavy (non-hydrogen) atoms. The van der Waals surface area contributed by atoms with Crippen molar-refractivity contribution in [1.29, 1.82) is 0 Å². The zero-order valence-electron chi connectivity index (χ0n) is 8.75. The number of hydrogen-bond acceptors (Lipinski definition) is 3. The van der Waals surface area contributed by atoms with E-state index < -0.39 is 10.0 Å². The Morgan fingerprint density at radius 3 is 2.86 bits per heavy atom. The highest BCUT2D eigenvalue weighted by atomic mass is 32.2. The van der Waals surface area contributed by atoms with Gasteiger partial charge in [-0.1, -0.05) is 6.92 Å². The molecule has 0 saturated carbocycles. The predicted octanol–water partition coefficient (Wildman–Crippen LogP) is 0.458. The first kappa shape index (κ1) is 11.9. The molecule has 0 aromatic carbocycles. The van der Waals surface area contributed by atoms with Crippen molar-refractivity contribution in [3.63, 3.8) is 0 Å². The summed E-state index contributed by atoms with van der Waals surface area (Å²) in [5.74, 6) is 0.241. The molecule has 1 aliphatic rings. The molecular weight excluding hydrogens is 200 g/mol. The predicted molar refractivity (Wildman–Crippen MR) is 57.7 cm³/mol. The second-order valence-electron chi connectivity index (χ2n) is 3.80. The van der Waals surface area contributed by atoms with Crippen molar-refractivity contribution in [3.8, 4) is 0 Å². The molecule has 0 spiro atoms. The minimum absolute atomic E-state index is 0.241. The molecule has 0 aromatic rings. The minimum Gasteiger partial charge on any atom is -0.314 e. The molecular formula is C9H20N2O2S. The third-order valence-electron chi connectivity index (χ3n) is 2.45. The van der Waals surface area contributed by atoms with Crippen LogP contribution in [-0.4, -0.2) is 33.3 Å². The maximum atomic E-state index is 11.3. The highest BCUT2D eigenvalue weighted by Gasteiger charge is 2.14. The summed E-state index contributed by atoms with van der Waals surface area (Å²) >= 11 is 0. The maximum absolute atomic E-state index is 11.3. The van der Waals surface area contributed by atoms with Crippen LogP contribution in [0.4, 0.5) is 0 Å². The highest BCUT2D eigenvalue weighted by Crippen LogP contribution is 2.07. The lowest BCUT2D eigenvalue weighted by molar-refractivity contribution is 0.539. The Labute approximate surface area is 86.5 Å². The van der Waals surface area contributed by atoms with Crippen LogP contribution in [0.25, 0.3) is 0 Å². The SMILES string of the molecule is CCCS(=O)(=O)NCCC1CCCN1. The van der Waals surface area contributed by atoms with Crippen LogP contribution in [-0.2, 0) is 10.0 Å². The van der Waals surface area contributed by atoms with Gasteiger partial charge in [0.2, 0.25) is 10.0 Å². The first-order chi connectivity index (χ1) is 6.64. The van der Waals surface area contributed by atoms with Crippen molar-refractivity contribution < 1.29 is 8.42 Å².